The monoisotopic (exact) mass is 262 g/mol. The third-order valence-corrected chi connectivity index (χ3v) is 4.44. The van der Waals surface area contributed by atoms with Crippen molar-refractivity contribution in [2.24, 2.45) is 5.92 Å². The summed E-state index contributed by atoms with van der Waals surface area (Å²) in [5.74, 6) is 0.713. The highest BCUT2D eigenvalue weighted by Crippen LogP contribution is 2.29. The van der Waals surface area contributed by atoms with E-state index in [4.69, 9.17) is 0 Å². The summed E-state index contributed by atoms with van der Waals surface area (Å²) in [6.45, 7) is 0.883. The molecule has 0 radical (unpaired) electrons. The number of aromatic nitrogens is 2. The molecule has 1 saturated carbocycles. The van der Waals surface area contributed by atoms with Crippen molar-refractivity contribution in [2.45, 2.75) is 44.6 Å². The summed E-state index contributed by atoms with van der Waals surface area (Å²) in [6, 6.07) is 0.141. The number of carbonyl (C=O) groups excluding carboxylic acids is 1. The fraction of sp³-hybridized carbons (Fsp3) is 0.714. The third kappa shape index (κ3) is 2.60. The fourth-order valence-electron chi connectivity index (χ4n) is 3.01. The Kier molecular flexibility index (Phi) is 3.44. The minimum Gasteiger partial charge on any atom is -0.330 e. The summed E-state index contributed by atoms with van der Waals surface area (Å²) in [4.78, 5) is 14.0. The average Bonchev–Trinajstić information content (AvgIpc) is 2.82. The van der Waals surface area contributed by atoms with E-state index in [1.807, 2.05) is 18.1 Å². The van der Waals surface area contributed by atoms with E-state index >= 15 is 0 Å². The number of hydrogen-bond donors (Lipinski definition) is 2. The van der Waals surface area contributed by atoms with Gasteiger partial charge in [0.25, 0.3) is 0 Å². The molecule has 3 rings (SSSR count). The molecule has 1 fully saturated rings. The summed E-state index contributed by atoms with van der Waals surface area (Å²) in [7, 11) is 1.89. The lowest BCUT2D eigenvalue weighted by molar-refractivity contribution is 0.178. The van der Waals surface area contributed by atoms with Crippen LogP contribution in [0.4, 0.5) is 4.79 Å². The maximum atomic E-state index is 12.2. The van der Waals surface area contributed by atoms with Gasteiger partial charge in [0.1, 0.15) is 0 Å². The molecule has 2 amide bonds. The minimum absolute atomic E-state index is 0.0411. The zero-order valence-corrected chi connectivity index (χ0v) is 11.5. The number of aryl methyl sites for hydroxylation is 1. The van der Waals surface area contributed by atoms with E-state index in [0.29, 0.717) is 5.92 Å². The van der Waals surface area contributed by atoms with Crippen molar-refractivity contribution >= 4 is 6.03 Å². The number of amides is 2. The van der Waals surface area contributed by atoms with Gasteiger partial charge in [0.2, 0.25) is 0 Å². The molecule has 1 aromatic rings. The summed E-state index contributed by atoms with van der Waals surface area (Å²) < 4.78 is 0. The Morgan fingerprint density at radius 2 is 2.32 bits per heavy atom. The Balaban J connectivity index is 1.57. The molecule has 2 aliphatic rings. The largest absolute Gasteiger partial charge is 0.330 e. The Bertz CT molecular complexity index is 452. The lowest BCUT2D eigenvalue weighted by Gasteiger charge is -2.31. The molecule has 0 aromatic carbocycles. The Labute approximate surface area is 113 Å². The molecule has 1 atom stereocenters. The number of H-pyrrole nitrogens is 1. The first-order valence-electron chi connectivity index (χ1n) is 7.28. The number of aromatic amines is 1. The van der Waals surface area contributed by atoms with E-state index in [1.165, 1.54) is 24.8 Å². The molecule has 104 valence electrons. The van der Waals surface area contributed by atoms with E-state index in [2.05, 4.69) is 15.5 Å². The van der Waals surface area contributed by atoms with Gasteiger partial charge in [0, 0.05) is 13.6 Å². The van der Waals surface area contributed by atoms with Gasteiger partial charge in [-0.05, 0) is 43.6 Å². The molecule has 1 heterocycles. The van der Waals surface area contributed by atoms with Crippen molar-refractivity contribution < 1.29 is 4.79 Å². The van der Waals surface area contributed by atoms with E-state index in [1.54, 1.807) is 0 Å². The van der Waals surface area contributed by atoms with Gasteiger partial charge in [-0.1, -0.05) is 6.42 Å². The average molecular weight is 262 g/mol. The predicted molar refractivity (Wildman–Crippen MR) is 72.8 cm³/mol. The molecule has 0 bridgehead atoms. The summed E-state index contributed by atoms with van der Waals surface area (Å²) >= 11 is 0. The number of hydrogen-bond acceptors (Lipinski definition) is 2. The molecule has 5 heteroatoms. The van der Waals surface area contributed by atoms with E-state index in [-0.39, 0.29) is 12.1 Å². The molecule has 2 aliphatic carbocycles. The van der Waals surface area contributed by atoms with Gasteiger partial charge in [-0.3, -0.25) is 5.10 Å². The molecular weight excluding hydrogens is 240 g/mol. The van der Waals surface area contributed by atoms with Crippen molar-refractivity contribution in [1.29, 1.82) is 0 Å². The number of fused-ring (bicyclic) bond motifs is 1. The van der Waals surface area contributed by atoms with Crippen LogP contribution in [0.15, 0.2) is 6.20 Å². The van der Waals surface area contributed by atoms with Crippen LogP contribution in [0.2, 0.25) is 0 Å². The van der Waals surface area contributed by atoms with Crippen molar-refractivity contribution in [3.05, 3.63) is 17.5 Å². The van der Waals surface area contributed by atoms with Crippen LogP contribution in [-0.2, 0) is 6.42 Å². The number of rotatable bonds is 3. The molecule has 5 nitrogen and oxygen atoms in total. The summed E-state index contributed by atoms with van der Waals surface area (Å²) in [6.07, 6.45) is 8.92. The number of nitrogens with one attached hydrogen (secondary N) is 2. The van der Waals surface area contributed by atoms with Gasteiger partial charge < -0.3 is 10.2 Å². The van der Waals surface area contributed by atoms with Crippen LogP contribution in [0.3, 0.4) is 0 Å². The highest BCUT2D eigenvalue weighted by Gasteiger charge is 2.26. The molecular formula is C14H22N4O. The van der Waals surface area contributed by atoms with Crippen LogP contribution >= 0.6 is 0 Å². The maximum Gasteiger partial charge on any atom is 0.317 e. The van der Waals surface area contributed by atoms with Crippen LogP contribution in [0.1, 0.15) is 49.4 Å². The third-order valence-electron chi connectivity index (χ3n) is 4.44. The number of urea groups is 1. The first-order valence-corrected chi connectivity index (χ1v) is 7.28. The highest BCUT2D eigenvalue weighted by atomic mass is 16.2. The van der Waals surface area contributed by atoms with Crippen LogP contribution in [-0.4, -0.2) is 34.7 Å². The molecule has 0 unspecified atom stereocenters. The maximum absolute atomic E-state index is 12.2. The molecule has 1 aromatic heterocycles. The lowest BCUT2D eigenvalue weighted by atomic mass is 9.85. The van der Waals surface area contributed by atoms with Gasteiger partial charge >= 0.3 is 6.03 Å². The zero-order chi connectivity index (χ0) is 13.2. The van der Waals surface area contributed by atoms with Crippen molar-refractivity contribution in [3.8, 4) is 0 Å². The molecule has 19 heavy (non-hydrogen) atoms. The Morgan fingerprint density at radius 1 is 1.47 bits per heavy atom. The standard InChI is InChI=1S/C14H22N4O/c1-18(9-10-4-2-5-10)14(19)16-12-7-3-6-11-8-15-17-13(11)12/h8,10,12H,2-7,9H2,1H3,(H,15,17)(H,16,19)/t12-/m0/s1. The highest BCUT2D eigenvalue weighted by molar-refractivity contribution is 5.74. The molecule has 0 saturated heterocycles. The van der Waals surface area contributed by atoms with Crippen LogP contribution in [0.25, 0.3) is 0 Å². The van der Waals surface area contributed by atoms with Gasteiger partial charge in [0.15, 0.2) is 0 Å². The Morgan fingerprint density at radius 3 is 3.05 bits per heavy atom. The van der Waals surface area contributed by atoms with Gasteiger partial charge in [0.05, 0.1) is 17.9 Å². The van der Waals surface area contributed by atoms with Gasteiger partial charge in [-0.2, -0.15) is 5.10 Å². The molecule has 2 N–H and O–H groups in total. The van der Waals surface area contributed by atoms with E-state index in [9.17, 15) is 4.79 Å². The SMILES string of the molecule is CN(CC1CCC1)C(=O)N[C@H]1CCCc2cn[nH]c21. The quantitative estimate of drug-likeness (QED) is 0.877. The second-order valence-corrected chi connectivity index (χ2v) is 5.88. The fourth-order valence-corrected chi connectivity index (χ4v) is 3.01. The topological polar surface area (TPSA) is 61.0 Å². The van der Waals surface area contributed by atoms with Crippen molar-refractivity contribution in [1.82, 2.24) is 20.4 Å². The van der Waals surface area contributed by atoms with Crippen molar-refractivity contribution in [3.63, 3.8) is 0 Å². The summed E-state index contributed by atoms with van der Waals surface area (Å²) in [5.41, 5.74) is 2.34. The van der Waals surface area contributed by atoms with Gasteiger partial charge in [-0.15, -0.1) is 0 Å². The first-order chi connectivity index (χ1) is 9.24. The predicted octanol–water partition coefficient (Wildman–Crippen LogP) is 2.23. The zero-order valence-electron chi connectivity index (χ0n) is 11.5. The van der Waals surface area contributed by atoms with Gasteiger partial charge in [-0.25, -0.2) is 4.79 Å². The molecule has 0 aliphatic heterocycles. The lowest BCUT2D eigenvalue weighted by Crippen LogP contribution is -2.43. The molecule has 0 spiro atoms. The van der Waals surface area contributed by atoms with Crippen LogP contribution < -0.4 is 5.32 Å². The Hall–Kier alpha value is -1.52. The second-order valence-electron chi connectivity index (χ2n) is 5.88. The normalized spacial score (nSPS) is 22.5. The van der Waals surface area contributed by atoms with E-state index < -0.39 is 0 Å². The van der Waals surface area contributed by atoms with Crippen LogP contribution in [0.5, 0.6) is 0 Å². The smallest absolute Gasteiger partial charge is 0.317 e. The van der Waals surface area contributed by atoms with Crippen molar-refractivity contribution in [2.75, 3.05) is 13.6 Å². The second kappa shape index (κ2) is 5.23. The minimum atomic E-state index is 0.0411. The number of nitrogens with zero attached hydrogens (tertiary/aromatic N) is 2. The van der Waals surface area contributed by atoms with Crippen LogP contribution in [0, 0.1) is 5.92 Å². The van der Waals surface area contributed by atoms with E-state index in [0.717, 1.165) is 31.5 Å². The summed E-state index contributed by atoms with van der Waals surface area (Å²) in [5, 5.41) is 10.2. The first kappa shape index (κ1) is 12.5. The number of carbonyl (C=O) groups is 1.